The van der Waals surface area contributed by atoms with Crippen molar-refractivity contribution in [3.8, 4) is 11.5 Å². The highest BCUT2D eigenvalue weighted by atomic mass is 16.4. The Kier molecular flexibility index (Phi) is 3.73. The minimum absolute atomic E-state index is 0.0373. The number of rotatable bonds is 4. The molecule has 0 spiro atoms. The highest BCUT2D eigenvalue weighted by Gasteiger charge is 2.20. The minimum atomic E-state index is -0.954. The molecular formula is C11H15NO4. The third kappa shape index (κ3) is 2.64. The highest BCUT2D eigenvalue weighted by molar-refractivity contribution is 5.69. The van der Waals surface area contributed by atoms with Crippen LogP contribution in [0.4, 0.5) is 0 Å². The molecule has 1 atom stereocenters. The fourth-order valence-electron chi connectivity index (χ4n) is 1.54. The van der Waals surface area contributed by atoms with Gasteiger partial charge in [-0.25, -0.2) is 0 Å². The standard InChI is InChI=1S/C11H15NO4/c1-7(12(2)6-10(15)16)11-8(13)4-3-5-9(11)14/h3-5,7,13-14H,6H2,1-2H3,(H,15,16). The SMILES string of the molecule is CC(c1c(O)cccc1O)N(C)CC(=O)O. The number of nitrogens with zero attached hydrogens (tertiary/aromatic N) is 1. The van der Waals surface area contributed by atoms with Crippen molar-refractivity contribution in [2.24, 2.45) is 0 Å². The van der Waals surface area contributed by atoms with E-state index in [9.17, 15) is 15.0 Å². The van der Waals surface area contributed by atoms with Crippen molar-refractivity contribution >= 4 is 5.97 Å². The first kappa shape index (κ1) is 12.3. The van der Waals surface area contributed by atoms with Crippen LogP contribution in [0, 0.1) is 0 Å². The summed E-state index contributed by atoms with van der Waals surface area (Å²) < 4.78 is 0. The highest BCUT2D eigenvalue weighted by Crippen LogP contribution is 2.34. The average molecular weight is 225 g/mol. The number of aliphatic carboxylic acids is 1. The van der Waals surface area contributed by atoms with Crippen molar-refractivity contribution in [2.75, 3.05) is 13.6 Å². The van der Waals surface area contributed by atoms with E-state index in [2.05, 4.69) is 0 Å². The molecule has 1 aromatic carbocycles. The first-order valence-corrected chi connectivity index (χ1v) is 4.86. The third-order valence-corrected chi connectivity index (χ3v) is 2.52. The Morgan fingerprint density at radius 2 is 1.88 bits per heavy atom. The molecule has 16 heavy (non-hydrogen) atoms. The molecule has 0 saturated heterocycles. The summed E-state index contributed by atoms with van der Waals surface area (Å²) in [7, 11) is 1.62. The van der Waals surface area contributed by atoms with Crippen LogP contribution in [0.15, 0.2) is 18.2 Å². The van der Waals surface area contributed by atoms with Crippen LogP contribution in [0.1, 0.15) is 18.5 Å². The van der Waals surface area contributed by atoms with E-state index in [0.29, 0.717) is 5.56 Å². The molecular weight excluding hydrogens is 210 g/mol. The fourth-order valence-corrected chi connectivity index (χ4v) is 1.54. The summed E-state index contributed by atoms with van der Waals surface area (Å²) in [5.74, 6) is -1.03. The second-order valence-corrected chi connectivity index (χ2v) is 3.69. The second kappa shape index (κ2) is 4.85. The lowest BCUT2D eigenvalue weighted by molar-refractivity contribution is -0.138. The number of hydrogen-bond acceptors (Lipinski definition) is 4. The first-order valence-electron chi connectivity index (χ1n) is 4.86. The minimum Gasteiger partial charge on any atom is -0.507 e. The van der Waals surface area contributed by atoms with Gasteiger partial charge in [0, 0.05) is 6.04 Å². The normalized spacial score (nSPS) is 12.7. The van der Waals surface area contributed by atoms with E-state index >= 15 is 0 Å². The van der Waals surface area contributed by atoms with E-state index in [0.717, 1.165) is 0 Å². The summed E-state index contributed by atoms with van der Waals surface area (Å²) in [5, 5.41) is 27.9. The number of likely N-dealkylation sites (N-methyl/N-ethyl adjacent to an activating group) is 1. The number of phenolic OH excluding ortho intramolecular Hbond substituents is 2. The molecule has 0 saturated carbocycles. The van der Waals surface area contributed by atoms with E-state index in [1.54, 1.807) is 14.0 Å². The van der Waals surface area contributed by atoms with Crippen molar-refractivity contribution in [1.29, 1.82) is 0 Å². The zero-order chi connectivity index (χ0) is 12.3. The Labute approximate surface area is 93.6 Å². The first-order chi connectivity index (χ1) is 7.43. The van der Waals surface area contributed by atoms with Gasteiger partial charge in [-0.2, -0.15) is 0 Å². The third-order valence-electron chi connectivity index (χ3n) is 2.52. The Balaban J connectivity index is 2.95. The summed E-state index contributed by atoms with van der Waals surface area (Å²) in [6.45, 7) is 1.56. The van der Waals surface area contributed by atoms with Crippen LogP contribution >= 0.6 is 0 Å². The molecule has 5 nitrogen and oxygen atoms in total. The van der Waals surface area contributed by atoms with Gasteiger partial charge in [0.2, 0.25) is 0 Å². The maximum atomic E-state index is 10.5. The number of benzene rings is 1. The predicted molar refractivity (Wildman–Crippen MR) is 58.5 cm³/mol. The van der Waals surface area contributed by atoms with Gasteiger partial charge in [-0.05, 0) is 26.1 Å². The summed E-state index contributed by atoms with van der Waals surface area (Å²) in [6, 6.07) is 4.07. The summed E-state index contributed by atoms with van der Waals surface area (Å²) in [5.41, 5.74) is 0.339. The summed E-state index contributed by atoms with van der Waals surface area (Å²) >= 11 is 0. The van der Waals surface area contributed by atoms with E-state index in [1.165, 1.54) is 23.1 Å². The van der Waals surface area contributed by atoms with Crippen molar-refractivity contribution in [1.82, 2.24) is 4.90 Å². The number of carbonyl (C=O) groups is 1. The molecule has 0 aliphatic heterocycles. The van der Waals surface area contributed by atoms with Crippen LogP contribution in [0.25, 0.3) is 0 Å². The van der Waals surface area contributed by atoms with Gasteiger partial charge in [-0.1, -0.05) is 6.07 Å². The zero-order valence-corrected chi connectivity index (χ0v) is 9.21. The van der Waals surface area contributed by atoms with Crippen molar-refractivity contribution in [3.05, 3.63) is 23.8 Å². The van der Waals surface area contributed by atoms with Crippen LogP contribution in [0.3, 0.4) is 0 Å². The lowest BCUT2D eigenvalue weighted by atomic mass is 10.0. The number of hydrogen-bond donors (Lipinski definition) is 3. The van der Waals surface area contributed by atoms with Gasteiger partial charge in [0.25, 0.3) is 0 Å². The number of carboxylic acids is 1. The molecule has 0 heterocycles. The topological polar surface area (TPSA) is 81.0 Å². The summed E-state index contributed by atoms with van der Waals surface area (Å²) in [6.07, 6.45) is 0. The monoisotopic (exact) mass is 225 g/mol. The molecule has 0 fully saturated rings. The smallest absolute Gasteiger partial charge is 0.317 e. The van der Waals surface area contributed by atoms with E-state index in [1.807, 2.05) is 0 Å². The number of phenols is 2. The molecule has 0 aromatic heterocycles. The van der Waals surface area contributed by atoms with Gasteiger partial charge in [0.1, 0.15) is 11.5 Å². The van der Waals surface area contributed by atoms with E-state index < -0.39 is 5.97 Å². The molecule has 3 N–H and O–H groups in total. The Hall–Kier alpha value is -1.75. The molecule has 1 aromatic rings. The second-order valence-electron chi connectivity index (χ2n) is 3.69. The number of aromatic hydroxyl groups is 2. The maximum absolute atomic E-state index is 10.5. The van der Waals surface area contributed by atoms with Crippen LogP contribution in [0.5, 0.6) is 11.5 Å². The number of carboxylic acid groups (broad SMARTS) is 1. The van der Waals surface area contributed by atoms with Gasteiger partial charge >= 0.3 is 5.97 Å². The molecule has 0 amide bonds. The largest absolute Gasteiger partial charge is 0.507 e. The van der Waals surface area contributed by atoms with Gasteiger partial charge in [0.05, 0.1) is 12.1 Å². The zero-order valence-electron chi connectivity index (χ0n) is 9.21. The van der Waals surface area contributed by atoms with Gasteiger partial charge in [-0.3, -0.25) is 9.69 Å². The Bertz CT molecular complexity index is 371. The molecule has 88 valence electrons. The quantitative estimate of drug-likeness (QED) is 0.716. The Morgan fingerprint density at radius 3 is 2.31 bits per heavy atom. The van der Waals surface area contributed by atoms with Crippen molar-refractivity contribution in [3.63, 3.8) is 0 Å². The predicted octanol–water partition coefficient (Wildman–Crippen LogP) is 1.18. The molecule has 0 radical (unpaired) electrons. The average Bonchev–Trinajstić information content (AvgIpc) is 2.16. The molecule has 0 aliphatic carbocycles. The lowest BCUT2D eigenvalue weighted by Gasteiger charge is -2.24. The molecule has 5 heteroatoms. The van der Waals surface area contributed by atoms with Gasteiger partial charge in [0.15, 0.2) is 0 Å². The Morgan fingerprint density at radius 1 is 1.38 bits per heavy atom. The van der Waals surface area contributed by atoms with Gasteiger partial charge in [-0.15, -0.1) is 0 Å². The molecule has 0 bridgehead atoms. The van der Waals surface area contributed by atoms with Crippen LogP contribution in [-0.4, -0.2) is 39.8 Å². The maximum Gasteiger partial charge on any atom is 0.317 e. The van der Waals surface area contributed by atoms with E-state index in [-0.39, 0.29) is 24.1 Å². The van der Waals surface area contributed by atoms with Crippen LogP contribution in [0.2, 0.25) is 0 Å². The summed E-state index contributed by atoms with van der Waals surface area (Å²) in [4.78, 5) is 12.1. The van der Waals surface area contributed by atoms with Crippen molar-refractivity contribution in [2.45, 2.75) is 13.0 Å². The van der Waals surface area contributed by atoms with E-state index in [4.69, 9.17) is 5.11 Å². The van der Waals surface area contributed by atoms with Crippen molar-refractivity contribution < 1.29 is 20.1 Å². The van der Waals surface area contributed by atoms with Crippen LogP contribution in [-0.2, 0) is 4.79 Å². The lowest BCUT2D eigenvalue weighted by Crippen LogP contribution is -2.28. The van der Waals surface area contributed by atoms with Gasteiger partial charge < -0.3 is 15.3 Å². The molecule has 1 unspecified atom stereocenters. The fraction of sp³-hybridized carbons (Fsp3) is 0.364. The molecule has 1 rings (SSSR count). The molecule has 0 aliphatic rings. The van der Waals surface area contributed by atoms with Crippen LogP contribution < -0.4 is 0 Å².